The smallest absolute Gasteiger partial charge is 0.390 e. The van der Waals surface area contributed by atoms with Gasteiger partial charge in [0.15, 0.2) is 0 Å². The van der Waals surface area contributed by atoms with E-state index in [-0.39, 0.29) is 0 Å². The zero-order valence-corrected chi connectivity index (χ0v) is 13.3. The molecule has 0 amide bonds. The molecule has 7 nitrogen and oxygen atoms in total. The number of aryl methyl sites for hydroxylation is 1. The minimum Gasteiger partial charge on any atom is -0.390 e. The second kappa shape index (κ2) is 6.93. The molecular weight excluding hydrogens is 318 g/mol. The van der Waals surface area contributed by atoms with Crippen LogP contribution < -0.4 is 0 Å². The van der Waals surface area contributed by atoms with E-state index in [0.717, 1.165) is 11.1 Å². The van der Waals surface area contributed by atoms with E-state index in [2.05, 4.69) is 16.2 Å². The summed E-state index contributed by atoms with van der Waals surface area (Å²) in [6.07, 6.45) is 1.73. The third-order valence-corrected chi connectivity index (χ3v) is 4.13. The van der Waals surface area contributed by atoms with Crippen molar-refractivity contribution in [2.24, 2.45) is 0 Å². The molecule has 0 aliphatic carbocycles. The Hall–Kier alpha value is -3.53. The van der Waals surface area contributed by atoms with Crippen molar-refractivity contribution in [2.75, 3.05) is 0 Å². The molecule has 0 aliphatic rings. The quantitative estimate of drug-likeness (QED) is 0.510. The van der Waals surface area contributed by atoms with Gasteiger partial charge in [-0.25, -0.2) is 0 Å². The van der Waals surface area contributed by atoms with Crippen molar-refractivity contribution in [3.05, 3.63) is 88.2 Å². The van der Waals surface area contributed by atoms with Crippen molar-refractivity contribution < 1.29 is 4.92 Å². The van der Waals surface area contributed by atoms with E-state index in [1.54, 1.807) is 0 Å². The fraction of sp³-hybridized carbons (Fsp3) is 0.167. The highest BCUT2D eigenvalue weighted by Gasteiger charge is 2.34. The van der Waals surface area contributed by atoms with Crippen LogP contribution in [0.25, 0.3) is 0 Å². The number of nitriles is 1. The number of aromatic nitrogens is 3. The SMILES string of the molecule is N#CC(CCn1cnc([N+](=O)[O-])n1)(c1ccccc1)c1ccccc1. The van der Waals surface area contributed by atoms with Crippen LogP contribution in [0.2, 0.25) is 0 Å². The summed E-state index contributed by atoms with van der Waals surface area (Å²) in [5.41, 5.74) is 0.875. The van der Waals surface area contributed by atoms with Crippen molar-refractivity contribution in [2.45, 2.75) is 18.4 Å². The predicted octanol–water partition coefficient (Wildman–Crippen LogP) is 3.09. The van der Waals surface area contributed by atoms with Crippen LogP contribution in [-0.2, 0) is 12.0 Å². The van der Waals surface area contributed by atoms with E-state index in [4.69, 9.17) is 0 Å². The molecule has 0 saturated heterocycles. The van der Waals surface area contributed by atoms with Gasteiger partial charge >= 0.3 is 5.95 Å². The Kier molecular flexibility index (Phi) is 4.53. The molecule has 3 aromatic rings. The lowest BCUT2D eigenvalue weighted by Gasteiger charge is -2.27. The number of nitrogens with zero attached hydrogens (tertiary/aromatic N) is 5. The van der Waals surface area contributed by atoms with E-state index >= 15 is 0 Å². The van der Waals surface area contributed by atoms with E-state index in [1.165, 1.54) is 11.0 Å². The van der Waals surface area contributed by atoms with Gasteiger partial charge in [-0.05, 0) is 22.5 Å². The summed E-state index contributed by atoms with van der Waals surface area (Å²) < 4.78 is 1.40. The molecule has 0 unspecified atom stereocenters. The fourth-order valence-electron chi connectivity index (χ4n) is 2.84. The maximum Gasteiger partial charge on any atom is 0.490 e. The Labute approximate surface area is 144 Å². The fourth-order valence-corrected chi connectivity index (χ4v) is 2.84. The second-order valence-electron chi connectivity index (χ2n) is 5.56. The van der Waals surface area contributed by atoms with Gasteiger partial charge < -0.3 is 10.1 Å². The lowest BCUT2D eigenvalue weighted by atomic mass is 9.73. The van der Waals surface area contributed by atoms with Crippen molar-refractivity contribution in [1.82, 2.24) is 14.8 Å². The zero-order chi connectivity index (χ0) is 17.7. The minimum atomic E-state index is -0.872. The molecule has 0 aliphatic heterocycles. The number of benzene rings is 2. The third kappa shape index (κ3) is 3.23. The first-order valence-corrected chi connectivity index (χ1v) is 7.72. The van der Waals surface area contributed by atoms with Crippen molar-refractivity contribution >= 4 is 5.95 Å². The lowest BCUT2D eigenvalue weighted by Crippen LogP contribution is -2.27. The third-order valence-electron chi connectivity index (χ3n) is 4.13. The molecule has 0 N–H and O–H groups in total. The summed E-state index contributed by atoms with van der Waals surface area (Å²) in [7, 11) is 0. The minimum absolute atomic E-state index is 0.332. The molecule has 0 fully saturated rings. The highest BCUT2D eigenvalue weighted by atomic mass is 16.6. The second-order valence-corrected chi connectivity index (χ2v) is 5.56. The van der Waals surface area contributed by atoms with Gasteiger partial charge in [0.2, 0.25) is 6.33 Å². The summed E-state index contributed by atoms with van der Waals surface area (Å²) in [5, 5.41) is 24.6. The molecule has 1 aromatic heterocycles. The normalized spacial score (nSPS) is 11.0. The first-order chi connectivity index (χ1) is 12.2. The van der Waals surface area contributed by atoms with Gasteiger partial charge in [0.05, 0.1) is 12.6 Å². The largest absolute Gasteiger partial charge is 0.490 e. The van der Waals surface area contributed by atoms with E-state index in [1.807, 2.05) is 60.7 Å². The van der Waals surface area contributed by atoms with Crippen molar-refractivity contribution in [3.63, 3.8) is 0 Å². The molecule has 1 heterocycles. The first kappa shape index (κ1) is 16.3. The lowest BCUT2D eigenvalue weighted by molar-refractivity contribution is -0.394. The molecule has 7 heteroatoms. The van der Waals surface area contributed by atoms with Gasteiger partial charge in [0, 0.05) is 5.10 Å². The summed E-state index contributed by atoms with van der Waals surface area (Å²) >= 11 is 0. The summed E-state index contributed by atoms with van der Waals surface area (Å²) in [4.78, 5) is 13.8. The maximum atomic E-state index is 10.7. The number of nitro groups is 1. The van der Waals surface area contributed by atoms with Crippen LogP contribution in [0, 0.1) is 21.4 Å². The van der Waals surface area contributed by atoms with Crippen LogP contribution in [-0.4, -0.2) is 19.7 Å². The van der Waals surface area contributed by atoms with Gasteiger partial charge in [-0.2, -0.15) is 9.94 Å². The first-order valence-electron chi connectivity index (χ1n) is 7.72. The van der Waals surface area contributed by atoms with Gasteiger partial charge in [-0.15, -0.1) is 0 Å². The molecule has 0 saturated carbocycles. The van der Waals surface area contributed by atoms with E-state index in [9.17, 15) is 15.4 Å². The van der Waals surface area contributed by atoms with Crippen LogP contribution in [0.1, 0.15) is 17.5 Å². The molecular formula is C18H15N5O2. The Morgan fingerprint density at radius 1 is 1.08 bits per heavy atom. The molecule has 2 aromatic carbocycles. The molecule has 3 rings (SSSR count). The van der Waals surface area contributed by atoms with Crippen LogP contribution in [0.5, 0.6) is 0 Å². The Balaban J connectivity index is 1.97. The Bertz CT molecular complexity index is 860. The highest BCUT2D eigenvalue weighted by Crippen LogP contribution is 2.35. The zero-order valence-electron chi connectivity index (χ0n) is 13.3. The van der Waals surface area contributed by atoms with E-state index < -0.39 is 16.3 Å². The summed E-state index contributed by atoms with van der Waals surface area (Å²) in [5.74, 6) is -0.443. The highest BCUT2D eigenvalue weighted by molar-refractivity contribution is 5.45. The summed E-state index contributed by atoms with van der Waals surface area (Å²) in [6, 6.07) is 21.5. The molecule has 0 bridgehead atoms. The van der Waals surface area contributed by atoms with Crippen LogP contribution in [0.4, 0.5) is 5.95 Å². The van der Waals surface area contributed by atoms with Crippen LogP contribution in [0.15, 0.2) is 67.0 Å². The van der Waals surface area contributed by atoms with Gasteiger partial charge in [-0.3, -0.25) is 0 Å². The Morgan fingerprint density at radius 2 is 1.64 bits per heavy atom. The number of rotatable bonds is 6. The van der Waals surface area contributed by atoms with Crippen molar-refractivity contribution in [3.8, 4) is 6.07 Å². The van der Waals surface area contributed by atoms with E-state index in [0.29, 0.717) is 13.0 Å². The van der Waals surface area contributed by atoms with Crippen molar-refractivity contribution in [1.29, 1.82) is 5.26 Å². The molecule has 0 radical (unpaired) electrons. The molecule has 25 heavy (non-hydrogen) atoms. The standard InChI is InChI=1S/C18H15N5O2/c19-13-18(15-7-3-1-4-8-15,16-9-5-2-6-10-16)11-12-22-14-20-17(21-22)23(24)25/h1-10,14H,11-12H2. The number of hydrogen-bond acceptors (Lipinski definition) is 5. The predicted molar refractivity (Wildman–Crippen MR) is 90.6 cm³/mol. The maximum absolute atomic E-state index is 10.7. The average molecular weight is 333 g/mol. The molecule has 0 spiro atoms. The Morgan fingerprint density at radius 3 is 2.08 bits per heavy atom. The van der Waals surface area contributed by atoms with Crippen LogP contribution >= 0.6 is 0 Å². The number of hydrogen-bond donors (Lipinski definition) is 0. The molecule has 0 atom stereocenters. The van der Waals surface area contributed by atoms with Gasteiger partial charge in [-0.1, -0.05) is 65.6 Å². The van der Waals surface area contributed by atoms with Gasteiger partial charge in [0.25, 0.3) is 0 Å². The van der Waals surface area contributed by atoms with Crippen LogP contribution in [0.3, 0.4) is 0 Å². The topological polar surface area (TPSA) is 97.6 Å². The summed E-state index contributed by atoms with van der Waals surface area (Å²) in [6.45, 7) is 0.332. The molecule has 124 valence electrons. The van der Waals surface area contributed by atoms with Gasteiger partial charge in [0.1, 0.15) is 5.41 Å². The monoisotopic (exact) mass is 333 g/mol. The average Bonchev–Trinajstić information content (AvgIpc) is 3.14.